The molecule has 6 nitrogen and oxygen atoms in total. The average molecular weight is 265 g/mol. The molecule has 1 aliphatic rings. The number of nitrogens with two attached hydrogens (primary N) is 1. The second-order valence-electron chi connectivity index (χ2n) is 4.86. The number of nitrogens with one attached hydrogen (secondary N) is 1. The Kier molecular flexibility index (Phi) is 4.21. The molecule has 3 N–H and O–H groups in total. The van der Waals surface area contributed by atoms with Crippen LogP contribution in [0.4, 0.5) is 0 Å². The van der Waals surface area contributed by atoms with Crippen LogP contribution in [0.25, 0.3) is 0 Å². The largest absolute Gasteiger partial charge is 0.459 e. The van der Waals surface area contributed by atoms with Crippen LogP contribution in [-0.4, -0.2) is 41.9 Å². The van der Waals surface area contributed by atoms with E-state index in [2.05, 4.69) is 5.32 Å². The lowest BCUT2D eigenvalue weighted by Crippen LogP contribution is -2.52. The van der Waals surface area contributed by atoms with Gasteiger partial charge >= 0.3 is 0 Å². The molecule has 0 saturated carbocycles. The zero-order valence-corrected chi connectivity index (χ0v) is 11.0. The Morgan fingerprint density at radius 3 is 3.00 bits per heavy atom. The van der Waals surface area contributed by atoms with E-state index in [4.69, 9.17) is 10.2 Å². The lowest BCUT2D eigenvalue weighted by molar-refractivity contribution is -0.134. The van der Waals surface area contributed by atoms with E-state index in [0.29, 0.717) is 13.1 Å². The van der Waals surface area contributed by atoms with Gasteiger partial charge in [-0.3, -0.25) is 9.59 Å². The minimum Gasteiger partial charge on any atom is -0.459 e. The third-order valence-corrected chi connectivity index (χ3v) is 3.23. The maximum Gasteiger partial charge on any atom is 0.287 e. The number of rotatable bonds is 3. The highest BCUT2D eigenvalue weighted by Gasteiger charge is 2.26. The van der Waals surface area contributed by atoms with Gasteiger partial charge in [0.25, 0.3) is 5.91 Å². The lowest BCUT2D eigenvalue weighted by atomic mass is 10.1. The molecule has 1 aromatic rings. The number of hydrogen-bond donors (Lipinski definition) is 2. The summed E-state index contributed by atoms with van der Waals surface area (Å²) >= 11 is 0. The van der Waals surface area contributed by atoms with Gasteiger partial charge in [0.15, 0.2) is 5.76 Å². The van der Waals surface area contributed by atoms with E-state index in [1.165, 1.54) is 6.26 Å². The van der Waals surface area contributed by atoms with Gasteiger partial charge in [-0.1, -0.05) is 0 Å². The predicted molar refractivity (Wildman–Crippen MR) is 69.4 cm³/mol. The summed E-state index contributed by atoms with van der Waals surface area (Å²) in [5.74, 6) is -0.280. The van der Waals surface area contributed by atoms with Crippen molar-refractivity contribution in [3.8, 4) is 0 Å². The molecule has 6 heteroatoms. The fourth-order valence-electron chi connectivity index (χ4n) is 2.22. The van der Waals surface area contributed by atoms with Crippen molar-refractivity contribution in [3.63, 3.8) is 0 Å². The van der Waals surface area contributed by atoms with Crippen molar-refractivity contribution in [1.29, 1.82) is 0 Å². The quantitative estimate of drug-likeness (QED) is 0.825. The van der Waals surface area contributed by atoms with E-state index in [1.54, 1.807) is 24.0 Å². The molecule has 2 heterocycles. The van der Waals surface area contributed by atoms with Gasteiger partial charge in [-0.25, -0.2) is 0 Å². The van der Waals surface area contributed by atoms with Crippen molar-refractivity contribution < 1.29 is 14.0 Å². The monoisotopic (exact) mass is 265 g/mol. The van der Waals surface area contributed by atoms with Gasteiger partial charge in [-0.15, -0.1) is 0 Å². The van der Waals surface area contributed by atoms with Crippen LogP contribution >= 0.6 is 0 Å². The Bertz CT molecular complexity index is 444. The number of carbonyl (C=O) groups is 2. The number of furan rings is 1. The molecule has 0 radical (unpaired) electrons. The summed E-state index contributed by atoms with van der Waals surface area (Å²) in [5, 5.41) is 2.63. The molecule has 2 rings (SSSR count). The fraction of sp³-hybridized carbons (Fsp3) is 0.538. The van der Waals surface area contributed by atoms with Gasteiger partial charge in [0.05, 0.1) is 6.26 Å². The Hall–Kier alpha value is -1.82. The standard InChI is InChI=1S/C13H19N3O3/c1-9(15-12(17)11-5-3-7-19-11)13(18)16-6-2-4-10(14)8-16/h3,5,7,9-10H,2,4,6,8,14H2,1H3,(H,15,17). The van der Waals surface area contributed by atoms with Crippen LogP contribution in [0, 0.1) is 0 Å². The van der Waals surface area contributed by atoms with E-state index >= 15 is 0 Å². The van der Waals surface area contributed by atoms with E-state index in [0.717, 1.165) is 12.8 Å². The number of amides is 2. The van der Waals surface area contributed by atoms with Gasteiger partial charge in [-0.05, 0) is 31.9 Å². The van der Waals surface area contributed by atoms with Crippen LogP contribution in [0.2, 0.25) is 0 Å². The molecule has 19 heavy (non-hydrogen) atoms. The molecule has 104 valence electrons. The van der Waals surface area contributed by atoms with Crippen molar-refractivity contribution in [3.05, 3.63) is 24.2 Å². The third kappa shape index (κ3) is 3.35. The molecule has 0 aromatic carbocycles. The van der Waals surface area contributed by atoms with Crippen LogP contribution < -0.4 is 11.1 Å². The highest BCUT2D eigenvalue weighted by molar-refractivity contribution is 5.95. The normalized spacial score (nSPS) is 20.9. The predicted octanol–water partition coefficient (Wildman–Crippen LogP) is 0.348. The molecule has 0 spiro atoms. The smallest absolute Gasteiger partial charge is 0.287 e. The first-order chi connectivity index (χ1) is 9.08. The van der Waals surface area contributed by atoms with Crippen molar-refractivity contribution >= 4 is 11.8 Å². The molecule has 0 aliphatic carbocycles. The zero-order valence-electron chi connectivity index (χ0n) is 11.0. The van der Waals surface area contributed by atoms with E-state index < -0.39 is 6.04 Å². The molecule has 1 saturated heterocycles. The van der Waals surface area contributed by atoms with Crippen LogP contribution in [-0.2, 0) is 4.79 Å². The Morgan fingerprint density at radius 1 is 1.58 bits per heavy atom. The molecular formula is C13H19N3O3. The summed E-state index contributed by atoms with van der Waals surface area (Å²) in [4.78, 5) is 25.7. The zero-order chi connectivity index (χ0) is 13.8. The molecular weight excluding hydrogens is 246 g/mol. The van der Waals surface area contributed by atoms with Gasteiger partial charge < -0.3 is 20.4 Å². The topological polar surface area (TPSA) is 88.6 Å². The molecule has 0 bridgehead atoms. The molecule has 2 unspecified atom stereocenters. The second kappa shape index (κ2) is 5.88. The number of likely N-dealkylation sites (tertiary alicyclic amines) is 1. The minimum atomic E-state index is -0.581. The van der Waals surface area contributed by atoms with Crippen LogP contribution in [0.15, 0.2) is 22.8 Å². The third-order valence-electron chi connectivity index (χ3n) is 3.23. The maximum atomic E-state index is 12.2. The van der Waals surface area contributed by atoms with Gasteiger partial charge in [0.1, 0.15) is 6.04 Å². The van der Waals surface area contributed by atoms with Crippen molar-refractivity contribution in [2.45, 2.75) is 31.8 Å². The summed E-state index contributed by atoms with van der Waals surface area (Å²) in [6, 6.07) is 2.64. The van der Waals surface area contributed by atoms with Crippen molar-refractivity contribution in [2.24, 2.45) is 5.73 Å². The van der Waals surface area contributed by atoms with E-state index in [-0.39, 0.29) is 23.6 Å². The summed E-state index contributed by atoms with van der Waals surface area (Å²) < 4.78 is 4.98. The lowest BCUT2D eigenvalue weighted by Gasteiger charge is -2.32. The first-order valence-electron chi connectivity index (χ1n) is 6.46. The number of hydrogen-bond acceptors (Lipinski definition) is 4. The van der Waals surface area contributed by atoms with Crippen molar-refractivity contribution in [2.75, 3.05) is 13.1 Å². The fourth-order valence-corrected chi connectivity index (χ4v) is 2.22. The summed E-state index contributed by atoms with van der Waals surface area (Å²) in [5.41, 5.74) is 5.85. The van der Waals surface area contributed by atoms with Crippen LogP contribution in [0.3, 0.4) is 0 Å². The molecule has 1 fully saturated rings. The average Bonchev–Trinajstić information content (AvgIpc) is 2.91. The minimum absolute atomic E-state index is 0.0330. The van der Waals surface area contributed by atoms with Crippen LogP contribution in [0.1, 0.15) is 30.3 Å². The Balaban J connectivity index is 1.90. The molecule has 2 amide bonds. The molecule has 1 aromatic heterocycles. The van der Waals surface area contributed by atoms with Crippen LogP contribution in [0.5, 0.6) is 0 Å². The van der Waals surface area contributed by atoms with Gasteiger partial charge in [-0.2, -0.15) is 0 Å². The van der Waals surface area contributed by atoms with Crippen molar-refractivity contribution in [1.82, 2.24) is 10.2 Å². The second-order valence-corrected chi connectivity index (χ2v) is 4.86. The maximum absolute atomic E-state index is 12.2. The summed E-state index contributed by atoms with van der Waals surface area (Å²) in [7, 11) is 0. The molecule has 2 atom stereocenters. The first-order valence-corrected chi connectivity index (χ1v) is 6.46. The van der Waals surface area contributed by atoms with Gasteiger partial charge in [0.2, 0.25) is 5.91 Å². The van der Waals surface area contributed by atoms with E-state index in [9.17, 15) is 9.59 Å². The number of nitrogens with zero attached hydrogens (tertiary/aromatic N) is 1. The number of carbonyl (C=O) groups excluding carboxylic acids is 2. The molecule has 1 aliphatic heterocycles. The first kappa shape index (κ1) is 13.6. The SMILES string of the molecule is CC(NC(=O)c1ccco1)C(=O)N1CCCC(N)C1. The van der Waals surface area contributed by atoms with Gasteiger partial charge in [0, 0.05) is 19.1 Å². The highest BCUT2D eigenvalue weighted by atomic mass is 16.3. The Labute approximate surface area is 111 Å². The summed E-state index contributed by atoms with van der Waals surface area (Å²) in [6.07, 6.45) is 3.27. The van der Waals surface area contributed by atoms with E-state index in [1.807, 2.05) is 0 Å². The summed E-state index contributed by atoms with van der Waals surface area (Å²) in [6.45, 7) is 2.93. The Morgan fingerprint density at radius 2 is 2.37 bits per heavy atom. The number of piperidine rings is 1. The highest BCUT2D eigenvalue weighted by Crippen LogP contribution is 2.10.